The summed E-state index contributed by atoms with van der Waals surface area (Å²) in [6, 6.07) is 13.2. The second-order valence-electron chi connectivity index (χ2n) is 10.4. The van der Waals surface area contributed by atoms with Gasteiger partial charge in [-0.3, -0.25) is 14.7 Å². The van der Waals surface area contributed by atoms with Crippen LogP contribution >= 0.6 is 0 Å². The van der Waals surface area contributed by atoms with E-state index >= 15 is 0 Å². The van der Waals surface area contributed by atoms with Gasteiger partial charge in [0.15, 0.2) is 0 Å². The van der Waals surface area contributed by atoms with E-state index in [1.54, 1.807) is 28.0 Å². The van der Waals surface area contributed by atoms with Crippen LogP contribution in [-0.4, -0.2) is 41.9 Å². The molecule has 1 aliphatic rings. The maximum Gasteiger partial charge on any atom is 0.231 e. The zero-order chi connectivity index (χ0) is 25.7. The van der Waals surface area contributed by atoms with Crippen molar-refractivity contribution in [1.82, 2.24) is 14.8 Å². The number of piperidine rings is 1. The lowest BCUT2D eigenvalue weighted by molar-refractivity contribution is -0.123. The molecule has 3 heterocycles. The monoisotopic (exact) mass is 505 g/mol. The van der Waals surface area contributed by atoms with Crippen LogP contribution in [0.25, 0.3) is 11.3 Å². The Hall–Kier alpha value is -3.35. The number of carbonyl (C=O) groups excluding carboxylic acids is 1. The van der Waals surface area contributed by atoms with Crippen molar-refractivity contribution >= 4 is 19.8 Å². The number of aromatic nitrogens is 3. The molecule has 1 atom stereocenters. The van der Waals surface area contributed by atoms with Crippen LogP contribution in [0.2, 0.25) is 25.7 Å². The minimum Gasteiger partial charge on any atom is -0.359 e. The Bertz CT molecular complexity index is 1250. The first-order valence-electron chi connectivity index (χ1n) is 12.3. The molecule has 0 bridgehead atoms. The molecule has 0 saturated carbocycles. The summed E-state index contributed by atoms with van der Waals surface area (Å²) >= 11 is 0. The van der Waals surface area contributed by atoms with Crippen molar-refractivity contribution in [2.24, 2.45) is 5.92 Å². The molecular weight excluding hydrogens is 473 g/mol. The number of hydrogen-bond donors (Lipinski definition) is 0. The fraction of sp³-hybridized carbons (Fsp3) is 0.407. The third-order valence-corrected chi connectivity index (χ3v) is 8.11. The van der Waals surface area contributed by atoms with Crippen molar-refractivity contribution in [3.63, 3.8) is 0 Å². The number of nitriles is 1. The van der Waals surface area contributed by atoms with E-state index < -0.39 is 13.9 Å². The van der Waals surface area contributed by atoms with E-state index in [0.29, 0.717) is 31.0 Å². The van der Waals surface area contributed by atoms with Gasteiger partial charge in [0.2, 0.25) is 5.91 Å². The van der Waals surface area contributed by atoms with Crippen molar-refractivity contribution < 1.29 is 13.9 Å². The van der Waals surface area contributed by atoms with E-state index in [2.05, 4.69) is 24.6 Å². The minimum absolute atomic E-state index is 0.00412. The SMILES string of the molecule is C[Si](C)(C)CCOCn1nc(-c2ccncc2)cc1N1CCCC(Cc2ccc(C#N)c(F)c2)C1=O. The first-order chi connectivity index (χ1) is 17.2. The largest absolute Gasteiger partial charge is 0.359 e. The number of rotatable bonds is 9. The first kappa shape index (κ1) is 25.7. The quantitative estimate of drug-likeness (QED) is 0.293. The lowest BCUT2D eigenvalue weighted by Gasteiger charge is -2.32. The van der Waals surface area contributed by atoms with Crippen LogP contribution in [0.1, 0.15) is 24.0 Å². The molecule has 1 aromatic carbocycles. The Kier molecular flexibility index (Phi) is 7.96. The zero-order valence-electron chi connectivity index (χ0n) is 21.1. The summed E-state index contributed by atoms with van der Waals surface area (Å²) in [6.07, 6.45) is 5.43. The highest BCUT2D eigenvalue weighted by atomic mass is 28.3. The summed E-state index contributed by atoms with van der Waals surface area (Å²) in [7, 11) is -1.23. The predicted octanol–water partition coefficient (Wildman–Crippen LogP) is 5.25. The van der Waals surface area contributed by atoms with Crippen LogP contribution in [0.5, 0.6) is 0 Å². The van der Waals surface area contributed by atoms with Gasteiger partial charge in [-0.25, -0.2) is 9.07 Å². The van der Waals surface area contributed by atoms with Crippen LogP contribution in [-0.2, 0) is 22.7 Å². The molecule has 2 aromatic heterocycles. The van der Waals surface area contributed by atoms with E-state index in [9.17, 15) is 9.18 Å². The molecule has 4 rings (SSSR count). The molecule has 1 aliphatic heterocycles. The van der Waals surface area contributed by atoms with Crippen molar-refractivity contribution in [3.8, 4) is 17.3 Å². The molecule has 188 valence electrons. The third-order valence-electron chi connectivity index (χ3n) is 6.41. The average molecular weight is 506 g/mol. The fourth-order valence-electron chi connectivity index (χ4n) is 4.34. The molecule has 1 saturated heterocycles. The maximum absolute atomic E-state index is 14.1. The number of benzene rings is 1. The third kappa shape index (κ3) is 6.25. The van der Waals surface area contributed by atoms with Crippen LogP contribution in [0.4, 0.5) is 10.2 Å². The molecule has 0 aliphatic carbocycles. The Morgan fingerprint density at radius 2 is 1.97 bits per heavy atom. The van der Waals surface area contributed by atoms with Gasteiger partial charge in [0, 0.05) is 51.2 Å². The first-order valence-corrected chi connectivity index (χ1v) is 16.0. The summed E-state index contributed by atoms with van der Waals surface area (Å²) in [6.45, 7) is 8.44. The van der Waals surface area contributed by atoms with Crippen molar-refractivity contribution in [2.45, 2.75) is 51.7 Å². The Morgan fingerprint density at radius 3 is 2.67 bits per heavy atom. The number of carbonyl (C=O) groups is 1. The number of hydrogen-bond acceptors (Lipinski definition) is 5. The molecule has 1 unspecified atom stereocenters. The zero-order valence-corrected chi connectivity index (χ0v) is 22.1. The smallest absolute Gasteiger partial charge is 0.231 e. The number of pyridine rings is 1. The summed E-state index contributed by atoms with van der Waals surface area (Å²) in [4.78, 5) is 19.5. The Morgan fingerprint density at radius 1 is 1.19 bits per heavy atom. The molecule has 0 spiro atoms. The molecular formula is C27H32FN5O2Si. The Labute approximate surface area is 212 Å². The summed E-state index contributed by atoms with van der Waals surface area (Å²) in [5.41, 5.74) is 2.40. The minimum atomic E-state index is -1.23. The molecule has 36 heavy (non-hydrogen) atoms. The lowest BCUT2D eigenvalue weighted by atomic mass is 9.90. The van der Waals surface area contributed by atoms with Crippen LogP contribution in [0.3, 0.4) is 0 Å². The second-order valence-corrected chi connectivity index (χ2v) is 16.1. The average Bonchev–Trinajstić information content (AvgIpc) is 3.27. The highest BCUT2D eigenvalue weighted by Crippen LogP contribution is 2.30. The lowest BCUT2D eigenvalue weighted by Crippen LogP contribution is -2.43. The van der Waals surface area contributed by atoms with E-state index in [0.717, 1.165) is 30.1 Å². The van der Waals surface area contributed by atoms with Gasteiger partial charge in [0.05, 0.1) is 11.3 Å². The highest BCUT2D eigenvalue weighted by molar-refractivity contribution is 6.76. The molecule has 1 amide bonds. The maximum atomic E-state index is 14.1. The van der Waals surface area contributed by atoms with Gasteiger partial charge in [0.25, 0.3) is 0 Å². The molecule has 1 fully saturated rings. The summed E-state index contributed by atoms with van der Waals surface area (Å²) in [5, 5.41) is 13.8. The highest BCUT2D eigenvalue weighted by Gasteiger charge is 2.32. The van der Waals surface area contributed by atoms with Gasteiger partial charge in [-0.1, -0.05) is 25.7 Å². The van der Waals surface area contributed by atoms with Crippen molar-refractivity contribution in [2.75, 3.05) is 18.1 Å². The van der Waals surface area contributed by atoms with Gasteiger partial charge in [0.1, 0.15) is 24.4 Å². The second kappa shape index (κ2) is 11.1. The van der Waals surface area contributed by atoms with Crippen LogP contribution in [0.15, 0.2) is 48.8 Å². The number of anilines is 1. The van der Waals surface area contributed by atoms with E-state index in [1.807, 2.05) is 24.3 Å². The van der Waals surface area contributed by atoms with Crippen LogP contribution in [0, 0.1) is 23.1 Å². The fourth-order valence-corrected chi connectivity index (χ4v) is 5.10. The van der Waals surface area contributed by atoms with Crippen molar-refractivity contribution in [3.05, 3.63) is 65.7 Å². The standard InChI is InChI=1S/C27H32FN5O2Si/c1-36(2,3)14-13-35-19-33-26(17-25(31-33)21-8-10-30-11-9-21)32-12-4-5-22(27(32)34)15-20-6-7-23(18-29)24(28)16-20/h6-11,16-17,22H,4-5,12-15,19H2,1-3H3. The molecule has 7 nitrogen and oxygen atoms in total. The van der Waals surface area contributed by atoms with Gasteiger partial charge in [-0.15, -0.1) is 0 Å². The number of halogens is 1. The van der Waals surface area contributed by atoms with E-state index in [1.165, 1.54) is 12.1 Å². The number of nitrogens with zero attached hydrogens (tertiary/aromatic N) is 5. The van der Waals surface area contributed by atoms with Gasteiger partial charge in [-0.2, -0.15) is 10.4 Å². The van der Waals surface area contributed by atoms with E-state index in [4.69, 9.17) is 15.1 Å². The van der Waals surface area contributed by atoms with Crippen LogP contribution < -0.4 is 4.90 Å². The predicted molar refractivity (Wildman–Crippen MR) is 139 cm³/mol. The topological polar surface area (TPSA) is 84.0 Å². The number of amides is 1. The molecule has 0 N–H and O–H groups in total. The number of ether oxygens (including phenoxy) is 1. The molecule has 3 aromatic rings. The molecule has 0 radical (unpaired) electrons. The van der Waals surface area contributed by atoms with Crippen molar-refractivity contribution in [1.29, 1.82) is 5.26 Å². The normalized spacial score (nSPS) is 16.2. The molecule has 9 heteroatoms. The Balaban J connectivity index is 1.56. The van der Waals surface area contributed by atoms with E-state index in [-0.39, 0.29) is 24.1 Å². The van der Waals surface area contributed by atoms with Gasteiger partial charge in [-0.05, 0) is 55.1 Å². The summed E-state index contributed by atoms with van der Waals surface area (Å²) in [5.74, 6) is -0.122. The van der Waals surface area contributed by atoms with Gasteiger partial charge >= 0.3 is 0 Å². The van der Waals surface area contributed by atoms with Gasteiger partial charge < -0.3 is 4.74 Å². The summed E-state index contributed by atoms with van der Waals surface area (Å²) < 4.78 is 21.9.